The van der Waals surface area contributed by atoms with Gasteiger partial charge in [-0.1, -0.05) is 72.4 Å². The summed E-state index contributed by atoms with van der Waals surface area (Å²) in [6.45, 7) is 0. The Morgan fingerprint density at radius 3 is 2.46 bits per heavy atom. The summed E-state index contributed by atoms with van der Waals surface area (Å²) in [6, 6.07) is 26.5. The molecule has 1 aliphatic carbocycles. The van der Waals surface area contributed by atoms with E-state index in [1.165, 1.54) is 11.8 Å². The maximum atomic E-state index is 13.4. The molecule has 2 N–H and O–H groups in total. The number of thioether (sulfide) groups is 1. The lowest BCUT2D eigenvalue weighted by Crippen LogP contribution is -2.29. The first-order chi connectivity index (χ1) is 17.1. The Hall–Kier alpha value is -3.84. The molecule has 0 radical (unpaired) electrons. The minimum Gasteiger partial charge on any atom is -0.495 e. The quantitative estimate of drug-likeness (QED) is 0.319. The molecule has 2 amide bonds. The monoisotopic (exact) mass is 483 g/mol. The van der Waals surface area contributed by atoms with Gasteiger partial charge in [0.2, 0.25) is 5.91 Å². The van der Waals surface area contributed by atoms with Crippen LogP contribution in [0.25, 0.3) is 10.9 Å². The predicted molar refractivity (Wildman–Crippen MR) is 139 cm³/mol. The first-order valence-electron chi connectivity index (χ1n) is 11.5. The van der Waals surface area contributed by atoms with Crippen LogP contribution in [0.4, 0.5) is 5.69 Å². The second-order valence-corrected chi connectivity index (χ2v) is 9.50. The molecule has 4 aromatic rings. The van der Waals surface area contributed by atoms with Gasteiger partial charge in [-0.2, -0.15) is 0 Å². The number of para-hydroxylation sites is 3. The average Bonchev–Trinajstić information content (AvgIpc) is 3.71. The standard InChI is InChI=1S/C28H25N3O3S/c1-34-24-14-8-7-13-23(24)31-27(32)21-17-25(30-22-12-6-5-11-20(21)22)35-26(18-9-3-2-4-10-18)28(33)29-19-15-16-19/h2-14,17,19,26H,15-16H2,1H3,(H,29,33)(H,31,32). The second kappa shape index (κ2) is 10.2. The number of rotatable bonds is 8. The van der Waals surface area contributed by atoms with Crippen molar-refractivity contribution in [3.63, 3.8) is 0 Å². The summed E-state index contributed by atoms with van der Waals surface area (Å²) in [5.74, 6) is 0.266. The topological polar surface area (TPSA) is 80.3 Å². The van der Waals surface area contributed by atoms with Crippen LogP contribution in [0.15, 0.2) is 90.0 Å². The number of carbonyl (C=O) groups excluding carboxylic acids is 2. The van der Waals surface area contributed by atoms with E-state index in [0.29, 0.717) is 27.5 Å². The van der Waals surface area contributed by atoms with Crippen molar-refractivity contribution in [3.05, 3.63) is 96.1 Å². The summed E-state index contributed by atoms with van der Waals surface area (Å²) in [5.41, 5.74) is 2.65. The molecular weight excluding hydrogens is 458 g/mol. The number of hydrogen-bond acceptors (Lipinski definition) is 5. The van der Waals surface area contributed by atoms with E-state index in [1.807, 2.05) is 66.7 Å². The lowest BCUT2D eigenvalue weighted by Gasteiger charge is -2.18. The minimum atomic E-state index is -0.476. The smallest absolute Gasteiger partial charge is 0.256 e. The number of anilines is 1. The zero-order valence-corrected chi connectivity index (χ0v) is 20.0. The minimum absolute atomic E-state index is 0.0429. The lowest BCUT2D eigenvalue weighted by molar-refractivity contribution is -0.120. The zero-order valence-electron chi connectivity index (χ0n) is 19.2. The number of amides is 2. The van der Waals surface area contributed by atoms with E-state index in [2.05, 4.69) is 10.6 Å². The molecule has 6 nitrogen and oxygen atoms in total. The van der Waals surface area contributed by atoms with E-state index in [0.717, 1.165) is 23.8 Å². The number of hydrogen-bond donors (Lipinski definition) is 2. The lowest BCUT2D eigenvalue weighted by atomic mass is 10.1. The maximum absolute atomic E-state index is 13.4. The Balaban J connectivity index is 1.50. The van der Waals surface area contributed by atoms with Crippen LogP contribution >= 0.6 is 11.8 Å². The number of methoxy groups -OCH3 is 1. The van der Waals surface area contributed by atoms with E-state index >= 15 is 0 Å². The largest absolute Gasteiger partial charge is 0.495 e. The van der Waals surface area contributed by atoms with E-state index in [4.69, 9.17) is 9.72 Å². The molecule has 1 saturated carbocycles. The summed E-state index contributed by atoms with van der Waals surface area (Å²) in [4.78, 5) is 31.3. The number of benzene rings is 3. The fraction of sp³-hybridized carbons (Fsp3) is 0.179. The highest BCUT2D eigenvalue weighted by molar-refractivity contribution is 8.00. The van der Waals surface area contributed by atoms with Crippen LogP contribution in [0.5, 0.6) is 5.75 Å². The number of pyridine rings is 1. The summed E-state index contributed by atoms with van der Waals surface area (Å²) in [6.07, 6.45) is 2.03. The highest BCUT2D eigenvalue weighted by Crippen LogP contribution is 2.37. The Morgan fingerprint density at radius 1 is 0.971 bits per heavy atom. The summed E-state index contributed by atoms with van der Waals surface area (Å²) in [5, 5.41) is 6.94. The van der Waals surface area contributed by atoms with Gasteiger partial charge in [-0.15, -0.1) is 0 Å². The van der Waals surface area contributed by atoms with Crippen LogP contribution in [0.3, 0.4) is 0 Å². The molecule has 1 unspecified atom stereocenters. The molecular formula is C28H25N3O3S. The number of ether oxygens (including phenoxy) is 1. The molecule has 5 rings (SSSR count). The van der Waals surface area contributed by atoms with Crippen molar-refractivity contribution >= 4 is 40.2 Å². The fourth-order valence-corrected chi connectivity index (χ4v) is 4.91. The van der Waals surface area contributed by atoms with E-state index in [1.54, 1.807) is 25.3 Å². The van der Waals surface area contributed by atoms with E-state index in [9.17, 15) is 9.59 Å². The number of carbonyl (C=O) groups is 2. The van der Waals surface area contributed by atoms with Crippen LogP contribution in [-0.2, 0) is 4.79 Å². The number of aromatic nitrogens is 1. The Labute approximate surface area is 208 Å². The third kappa shape index (κ3) is 5.30. The molecule has 0 aliphatic heterocycles. The van der Waals surface area contributed by atoms with Gasteiger partial charge >= 0.3 is 0 Å². The van der Waals surface area contributed by atoms with Crippen molar-refractivity contribution in [1.29, 1.82) is 0 Å². The number of nitrogens with one attached hydrogen (secondary N) is 2. The van der Waals surface area contributed by atoms with Crippen molar-refractivity contribution in [2.24, 2.45) is 0 Å². The molecule has 0 spiro atoms. The normalized spacial score (nSPS) is 13.7. The molecule has 1 heterocycles. The van der Waals surface area contributed by atoms with Crippen molar-refractivity contribution < 1.29 is 14.3 Å². The molecule has 35 heavy (non-hydrogen) atoms. The van der Waals surface area contributed by atoms with E-state index in [-0.39, 0.29) is 17.9 Å². The van der Waals surface area contributed by atoms with Crippen LogP contribution in [-0.4, -0.2) is 29.9 Å². The number of nitrogens with zero attached hydrogens (tertiary/aromatic N) is 1. The van der Waals surface area contributed by atoms with Gasteiger partial charge < -0.3 is 15.4 Å². The van der Waals surface area contributed by atoms with Gasteiger partial charge in [-0.05, 0) is 42.7 Å². The van der Waals surface area contributed by atoms with Crippen molar-refractivity contribution in [2.75, 3.05) is 12.4 Å². The Kier molecular flexibility index (Phi) is 6.68. The summed E-state index contributed by atoms with van der Waals surface area (Å²) < 4.78 is 5.38. The molecule has 0 saturated heterocycles. The van der Waals surface area contributed by atoms with Crippen LogP contribution in [0.2, 0.25) is 0 Å². The molecule has 3 aromatic carbocycles. The Bertz CT molecular complexity index is 1370. The second-order valence-electron chi connectivity index (χ2n) is 8.37. The summed E-state index contributed by atoms with van der Waals surface area (Å²) >= 11 is 1.35. The molecule has 1 aromatic heterocycles. The van der Waals surface area contributed by atoms with Gasteiger partial charge in [-0.3, -0.25) is 9.59 Å². The molecule has 1 aliphatic rings. The number of fused-ring (bicyclic) bond motifs is 1. The molecule has 0 bridgehead atoms. The summed E-state index contributed by atoms with van der Waals surface area (Å²) in [7, 11) is 1.57. The molecule has 7 heteroatoms. The van der Waals surface area contributed by atoms with Gasteiger partial charge in [0.1, 0.15) is 11.0 Å². The highest BCUT2D eigenvalue weighted by atomic mass is 32.2. The third-order valence-corrected chi connectivity index (χ3v) is 6.97. The Morgan fingerprint density at radius 2 is 1.69 bits per heavy atom. The van der Waals surface area contributed by atoms with Gasteiger partial charge in [0.05, 0.1) is 28.9 Å². The van der Waals surface area contributed by atoms with Gasteiger partial charge in [0.15, 0.2) is 0 Å². The maximum Gasteiger partial charge on any atom is 0.256 e. The van der Waals surface area contributed by atoms with Crippen molar-refractivity contribution in [2.45, 2.75) is 29.2 Å². The third-order valence-electron chi connectivity index (χ3n) is 5.80. The van der Waals surface area contributed by atoms with Crippen LogP contribution in [0.1, 0.15) is 34.0 Å². The fourth-order valence-electron chi connectivity index (χ4n) is 3.86. The van der Waals surface area contributed by atoms with E-state index < -0.39 is 5.25 Å². The predicted octanol–water partition coefficient (Wildman–Crippen LogP) is 5.61. The molecule has 1 atom stereocenters. The highest BCUT2D eigenvalue weighted by Gasteiger charge is 2.29. The molecule has 1 fully saturated rings. The first-order valence-corrected chi connectivity index (χ1v) is 12.4. The van der Waals surface area contributed by atoms with Crippen LogP contribution < -0.4 is 15.4 Å². The van der Waals surface area contributed by atoms with Gasteiger partial charge in [0, 0.05) is 11.4 Å². The zero-order chi connectivity index (χ0) is 24.2. The van der Waals surface area contributed by atoms with Crippen LogP contribution in [0, 0.1) is 0 Å². The van der Waals surface area contributed by atoms with Crippen molar-refractivity contribution in [1.82, 2.24) is 10.3 Å². The molecule has 176 valence electrons. The van der Waals surface area contributed by atoms with Crippen molar-refractivity contribution in [3.8, 4) is 5.75 Å². The average molecular weight is 484 g/mol. The first kappa shape index (κ1) is 22.9. The van der Waals surface area contributed by atoms with Gasteiger partial charge in [0.25, 0.3) is 5.91 Å². The SMILES string of the molecule is COc1ccccc1NC(=O)c1cc(SC(C(=O)NC2CC2)c2ccccc2)nc2ccccc12. The van der Waals surface area contributed by atoms with Gasteiger partial charge in [-0.25, -0.2) is 4.98 Å².